The van der Waals surface area contributed by atoms with Crippen molar-refractivity contribution in [2.24, 2.45) is 0 Å². The monoisotopic (exact) mass is 280 g/mol. The minimum absolute atomic E-state index is 0.0245. The number of rotatable bonds is 5. The van der Waals surface area contributed by atoms with Crippen LogP contribution in [0.15, 0.2) is 48.5 Å². The van der Waals surface area contributed by atoms with Crippen LogP contribution in [-0.2, 0) is 6.54 Å². The van der Waals surface area contributed by atoms with Gasteiger partial charge in [-0.1, -0.05) is 35.9 Å². The van der Waals surface area contributed by atoms with Crippen LogP contribution in [0.5, 0.6) is 0 Å². The fraction of sp³-hybridized carbons (Fsp3) is 0.278. The van der Waals surface area contributed by atoms with Crippen molar-refractivity contribution in [2.75, 3.05) is 5.32 Å². The van der Waals surface area contributed by atoms with Crippen LogP contribution in [0.25, 0.3) is 0 Å². The molecule has 0 saturated heterocycles. The number of carbonyl (C=O) groups excluding carboxylic acids is 1. The minimum atomic E-state index is 0.0245. The van der Waals surface area contributed by atoms with Gasteiger partial charge in [-0.25, -0.2) is 0 Å². The van der Waals surface area contributed by atoms with Gasteiger partial charge in [0.1, 0.15) is 0 Å². The number of aryl methyl sites for hydroxylation is 1. The van der Waals surface area contributed by atoms with E-state index in [9.17, 15) is 4.79 Å². The van der Waals surface area contributed by atoms with Gasteiger partial charge in [0.05, 0.1) is 0 Å². The molecule has 3 rings (SSSR count). The van der Waals surface area contributed by atoms with Crippen molar-refractivity contribution in [3.8, 4) is 0 Å². The molecule has 0 aliphatic heterocycles. The molecule has 2 aromatic rings. The summed E-state index contributed by atoms with van der Waals surface area (Å²) >= 11 is 0. The van der Waals surface area contributed by atoms with Gasteiger partial charge in [0.15, 0.2) is 0 Å². The van der Waals surface area contributed by atoms with E-state index in [0.717, 1.165) is 30.6 Å². The quantitative estimate of drug-likeness (QED) is 0.880. The van der Waals surface area contributed by atoms with E-state index in [1.165, 1.54) is 11.1 Å². The molecule has 0 heterocycles. The zero-order valence-corrected chi connectivity index (χ0v) is 12.2. The summed E-state index contributed by atoms with van der Waals surface area (Å²) in [6.07, 6.45) is 2.22. The van der Waals surface area contributed by atoms with E-state index in [0.29, 0.717) is 6.04 Å². The maximum Gasteiger partial charge on any atom is 0.251 e. The van der Waals surface area contributed by atoms with Gasteiger partial charge >= 0.3 is 0 Å². The van der Waals surface area contributed by atoms with Crippen LogP contribution >= 0.6 is 0 Å². The van der Waals surface area contributed by atoms with Gasteiger partial charge in [0.2, 0.25) is 0 Å². The summed E-state index contributed by atoms with van der Waals surface area (Å²) in [6, 6.07) is 16.5. The van der Waals surface area contributed by atoms with E-state index in [1.54, 1.807) is 0 Å². The van der Waals surface area contributed by atoms with Gasteiger partial charge in [-0.3, -0.25) is 4.79 Å². The Hall–Kier alpha value is -2.29. The number of carbonyl (C=O) groups is 1. The molecule has 3 nitrogen and oxygen atoms in total. The molecule has 1 saturated carbocycles. The number of benzene rings is 2. The van der Waals surface area contributed by atoms with Crippen LogP contribution in [0, 0.1) is 6.92 Å². The smallest absolute Gasteiger partial charge is 0.251 e. The highest BCUT2D eigenvalue weighted by molar-refractivity contribution is 5.95. The molecule has 0 atom stereocenters. The lowest BCUT2D eigenvalue weighted by Crippen LogP contribution is -2.25. The van der Waals surface area contributed by atoms with E-state index in [1.807, 2.05) is 24.3 Å². The molecule has 0 unspecified atom stereocenters. The second-order valence-electron chi connectivity index (χ2n) is 5.67. The molecule has 1 aliphatic rings. The molecule has 0 spiro atoms. The third-order valence-electron chi connectivity index (χ3n) is 3.65. The number of amides is 1. The summed E-state index contributed by atoms with van der Waals surface area (Å²) < 4.78 is 0. The lowest BCUT2D eigenvalue weighted by atomic mass is 10.1. The van der Waals surface area contributed by atoms with E-state index in [4.69, 9.17) is 0 Å². The molecule has 0 radical (unpaired) electrons. The number of anilines is 1. The fourth-order valence-corrected chi connectivity index (χ4v) is 2.18. The average molecular weight is 280 g/mol. The zero-order chi connectivity index (χ0) is 14.7. The fourth-order valence-electron chi connectivity index (χ4n) is 2.18. The Labute approximate surface area is 125 Å². The van der Waals surface area contributed by atoms with E-state index < -0.39 is 0 Å². The molecule has 1 amide bonds. The maximum atomic E-state index is 12.0. The molecule has 2 aromatic carbocycles. The SMILES string of the molecule is Cc1ccc(CNc2cccc(C(=O)NC3CC3)c2)cc1. The van der Waals surface area contributed by atoms with Gasteiger partial charge < -0.3 is 10.6 Å². The first-order chi connectivity index (χ1) is 10.2. The van der Waals surface area contributed by atoms with Crippen LogP contribution in [0.4, 0.5) is 5.69 Å². The van der Waals surface area contributed by atoms with Crippen molar-refractivity contribution in [3.63, 3.8) is 0 Å². The van der Waals surface area contributed by atoms with Gasteiger partial charge in [0, 0.05) is 23.8 Å². The Morgan fingerprint density at radius 1 is 1.14 bits per heavy atom. The molecule has 1 aliphatic carbocycles. The Kier molecular flexibility index (Phi) is 3.91. The first-order valence-corrected chi connectivity index (χ1v) is 7.41. The van der Waals surface area contributed by atoms with Crippen molar-refractivity contribution < 1.29 is 4.79 Å². The topological polar surface area (TPSA) is 41.1 Å². The van der Waals surface area contributed by atoms with Gasteiger partial charge in [-0.05, 0) is 43.5 Å². The highest BCUT2D eigenvalue weighted by atomic mass is 16.1. The van der Waals surface area contributed by atoms with Crippen LogP contribution in [0.3, 0.4) is 0 Å². The van der Waals surface area contributed by atoms with Crippen LogP contribution in [-0.4, -0.2) is 11.9 Å². The zero-order valence-electron chi connectivity index (χ0n) is 12.2. The summed E-state index contributed by atoms with van der Waals surface area (Å²) in [4.78, 5) is 12.0. The summed E-state index contributed by atoms with van der Waals surface area (Å²) in [5.41, 5.74) is 4.18. The van der Waals surface area contributed by atoms with Crippen molar-refractivity contribution >= 4 is 11.6 Å². The highest BCUT2D eigenvalue weighted by Gasteiger charge is 2.23. The van der Waals surface area contributed by atoms with E-state index >= 15 is 0 Å². The van der Waals surface area contributed by atoms with E-state index in [2.05, 4.69) is 41.8 Å². The van der Waals surface area contributed by atoms with Crippen LogP contribution < -0.4 is 10.6 Å². The van der Waals surface area contributed by atoms with Crippen molar-refractivity contribution in [1.82, 2.24) is 5.32 Å². The summed E-state index contributed by atoms with van der Waals surface area (Å²) in [5, 5.41) is 6.38. The van der Waals surface area contributed by atoms with E-state index in [-0.39, 0.29) is 5.91 Å². The van der Waals surface area contributed by atoms with Gasteiger partial charge in [0.25, 0.3) is 5.91 Å². The van der Waals surface area contributed by atoms with Crippen molar-refractivity contribution in [1.29, 1.82) is 0 Å². The Morgan fingerprint density at radius 2 is 1.90 bits per heavy atom. The second-order valence-corrected chi connectivity index (χ2v) is 5.67. The average Bonchev–Trinajstić information content (AvgIpc) is 3.31. The first-order valence-electron chi connectivity index (χ1n) is 7.41. The Balaban J connectivity index is 1.62. The Morgan fingerprint density at radius 3 is 2.62 bits per heavy atom. The minimum Gasteiger partial charge on any atom is -0.381 e. The van der Waals surface area contributed by atoms with Crippen molar-refractivity contribution in [2.45, 2.75) is 32.4 Å². The standard InChI is InChI=1S/C18H20N2O/c1-13-5-7-14(8-6-13)12-19-17-4-2-3-15(11-17)18(21)20-16-9-10-16/h2-8,11,16,19H,9-10,12H2,1H3,(H,20,21). The summed E-state index contributed by atoms with van der Waals surface area (Å²) in [6.45, 7) is 2.84. The maximum absolute atomic E-state index is 12.0. The second kappa shape index (κ2) is 6.00. The van der Waals surface area contributed by atoms with Gasteiger partial charge in [-0.2, -0.15) is 0 Å². The Bertz CT molecular complexity index is 630. The lowest BCUT2D eigenvalue weighted by molar-refractivity contribution is 0.0951. The lowest BCUT2D eigenvalue weighted by Gasteiger charge is -2.09. The highest BCUT2D eigenvalue weighted by Crippen LogP contribution is 2.20. The predicted octanol–water partition coefficient (Wildman–Crippen LogP) is 3.50. The predicted molar refractivity (Wildman–Crippen MR) is 85.4 cm³/mol. The normalized spacial score (nSPS) is 13.8. The molecule has 3 heteroatoms. The van der Waals surface area contributed by atoms with Gasteiger partial charge in [-0.15, -0.1) is 0 Å². The molecule has 0 bridgehead atoms. The number of hydrogen-bond donors (Lipinski definition) is 2. The third-order valence-corrected chi connectivity index (χ3v) is 3.65. The van der Waals surface area contributed by atoms with Crippen LogP contribution in [0.2, 0.25) is 0 Å². The van der Waals surface area contributed by atoms with Crippen molar-refractivity contribution in [3.05, 3.63) is 65.2 Å². The summed E-state index contributed by atoms with van der Waals surface area (Å²) in [5.74, 6) is 0.0245. The molecule has 2 N–H and O–H groups in total. The molecule has 0 aromatic heterocycles. The molecule has 21 heavy (non-hydrogen) atoms. The van der Waals surface area contributed by atoms with Crippen LogP contribution in [0.1, 0.15) is 34.3 Å². The molecular formula is C18H20N2O. The first kappa shape index (κ1) is 13.7. The third kappa shape index (κ3) is 3.85. The largest absolute Gasteiger partial charge is 0.381 e. The number of nitrogens with one attached hydrogen (secondary N) is 2. The summed E-state index contributed by atoms with van der Waals surface area (Å²) in [7, 11) is 0. The molecule has 108 valence electrons. The molecular weight excluding hydrogens is 260 g/mol. The molecule has 1 fully saturated rings. The number of hydrogen-bond acceptors (Lipinski definition) is 2.